The summed E-state index contributed by atoms with van der Waals surface area (Å²) in [5.74, 6) is 0.486. The minimum atomic E-state index is -0.565. The zero-order valence-corrected chi connectivity index (χ0v) is 28.0. The maximum Gasteiger partial charge on any atom is 0.421 e. The van der Waals surface area contributed by atoms with Gasteiger partial charge in [-0.15, -0.1) is 11.3 Å². The number of carbonyl (C=O) groups excluding carboxylic acids is 2. The molecule has 45 heavy (non-hydrogen) atoms. The average Bonchev–Trinajstić information content (AvgIpc) is 3.55. The first-order valence-corrected chi connectivity index (χ1v) is 18.2. The van der Waals surface area contributed by atoms with E-state index in [9.17, 15) is 9.59 Å². The minimum Gasteiger partial charge on any atom is -0.494 e. The van der Waals surface area contributed by atoms with Gasteiger partial charge in [0, 0.05) is 54.4 Å². The van der Waals surface area contributed by atoms with E-state index in [1.165, 1.54) is 65.6 Å². The molecule has 3 aromatic rings. The van der Waals surface area contributed by atoms with E-state index in [1.807, 2.05) is 29.5 Å². The molecule has 244 valence electrons. The van der Waals surface area contributed by atoms with Gasteiger partial charge in [-0.1, -0.05) is 70.4 Å². The molecule has 0 radical (unpaired) electrons. The van der Waals surface area contributed by atoms with Crippen molar-refractivity contribution in [1.29, 1.82) is 0 Å². The number of fused-ring (bicyclic) bond motifs is 2. The maximum atomic E-state index is 12.9. The van der Waals surface area contributed by atoms with Gasteiger partial charge in [-0.25, -0.2) is 9.69 Å². The molecule has 1 aromatic heterocycles. The number of piperazine rings is 1. The smallest absolute Gasteiger partial charge is 0.421 e. The molecule has 0 spiro atoms. The van der Waals surface area contributed by atoms with E-state index in [0.29, 0.717) is 37.5 Å². The van der Waals surface area contributed by atoms with E-state index in [0.717, 1.165) is 64.0 Å². The first-order chi connectivity index (χ1) is 22.1. The van der Waals surface area contributed by atoms with Gasteiger partial charge in [0.2, 0.25) is 5.91 Å². The van der Waals surface area contributed by atoms with Crippen LogP contribution in [-0.2, 0) is 16.0 Å². The van der Waals surface area contributed by atoms with Gasteiger partial charge >= 0.3 is 6.09 Å². The van der Waals surface area contributed by atoms with Crippen molar-refractivity contribution >= 4 is 44.8 Å². The first kappa shape index (κ1) is 33.3. The molecule has 0 bridgehead atoms. The number of rotatable bonds is 17. The Kier molecular flexibility index (Phi) is 13.0. The van der Waals surface area contributed by atoms with E-state index in [1.54, 1.807) is 0 Å². The summed E-state index contributed by atoms with van der Waals surface area (Å²) >= 11 is 1.81. The molecule has 8 heteroatoms. The van der Waals surface area contributed by atoms with Crippen molar-refractivity contribution in [2.45, 2.75) is 90.4 Å². The topological polar surface area (TPSA) is 62.3 Å². The van der Waals surface area contributed by atoms with Crippen LogP contribution in [0.1, 0.15) is 89.5 Å². The number of hydrogen-bond acceptors (Lipinski definition) is 7. The summed E-state index contributed by atoms with van der Waals surface area (Å²) in [5.41, 5.74) is 2.95. The molecular formula is C37H51N3O4S. The molecule has 2 aliphatic heterocycles. The highest BCUT2D eigenvalue weighted by atomic mass is 32.1. The number of benzene rings is 2. The van der Waals surface area contributed by atoms with Gasteiger partial charge in [0.1, 0.15) is 5.75 Å². The molecular weight excluding hydrogens is 582 g/mol. The van der Waals surface area contributed by atoms with E-state index in [2.05, 4.69) is 46.4 Å². The maximum absolute atomic E-state index is 12.9. The third-order valence-corrected chi connectivity index (χ3v) is 10.0. The van der Waals surface area contributed by atoms with Gasteiger partial charge in [0.25, 0.3) is 0 Å². The monoisotopic (exact) mass is 633 g/mol. The standard InChI is InChI=1S/C37H51N3O4S/c1-2-3-4-5-6-7-8-9-11-27-44-37(42)40-34-29-31(18-16-30(34)17-19-36(40)41)43-26-12-10-21-38-22-24-39(25-23-38)33-14-13-15-35-32(33)20-28-45-35/h13-16,18,20,28-29H,2-12,17,19,21-27H2,1H3. The zero-order chi connectivity index (χ0) is 31.3. The predicted molar refractivity (Wildman–Crippen MR) is 186 cm³/mol. The molecule has 0 unspecified atom stereocenters. The van der Waals surface area contributed by atoms with Crippen molar-refractivity contribution in [3.05, 3.63) is 53.4 Å². The molecule has 0 aliphatic carbocycles. The first-order valence-electron chi connectivity index (χ1n) is 17.3. The van der Waals surface area contributed by atoms with Gasteiger partial charge in [-0.05, 0) is 67.4 Å². The molecule has 2 amide bonds. The highest BCUT2D eigenvalue weighted by Gasteiger charge is 2.31. The second-order valence-electron chi connectivity index (χ2n) is 12.5. The minimum absolute atomic E-state index is 0.205. The Morgan fingerprint density at radius 3 is 2.36 bits per heavy atom. The summed E-state index contributed by atoms with van der Waals surface area (Å²) in [6, 6.07) is 14.6. The highest BCUT2D eigenvalue weighted by Crippen LogP contribution is 2.33. The van der Waals surface area contributed by atoms with Crippen LogP contribution in [0.15, 0.2) is 47.8 Å². The van der Waals surface area contributed by atoms with Crippen LogP contribution in [-0.4, -0.2) is 62.8 Å². The normalized spacial score (nSPS) is 15.4. The molecule has 2 aliphatic rings. The van der Waals surface area contributed by atoms with Crippen LogP contribution in [0.4, 0.5) is 16.2 Å². The van der Waals surface area contributed by atoms with E-state index < -0.39 is 6.09 Å². The van der Waals surface area contributed by atoms with Crippen LogP contribution >= 0.6 is 11.3 Å². The van der Waals surface area contributed by atoms with Crippen molar-refractivity contribution in [3.63, 3.8) is 0 Å². The third kappa shape index (κ3) is 9.46. The van der Waals surface area contributed by atoms with Crippen LogP contribution in [0.3, 0.4) is 0 Å². The second kappa shape index (κ2) is 17.6. The Morgan fingerprint density at radius 2 is 1.56 bits per heavy atom. The van der Waals surface area contributed by atoms with Crippen molar-refractivity contribution < 1.29 is 19.1 Å². The number of anilines is 2. The lowest BCUT2D eigenvalue weighted by atomic mass is 10.0. The lowest BCUT2D eigenvalue weighted by Crippen LogP contribution is -2.46. The number of hydrogen-bond donors (Lipinski definition) is 0. The van der Waals surface area contributed by atoms with Crippen LogP contribution in [0, 0.1) is 0 Å². The number of nitrogens with zero attached hydrogens (tertiary/aromatic N) is 3. The van der Waals surface area contributed by atoms with E-state index in [4.69, 9.17) is 9.47 Å². The van der Waals surface area contributed by atoms with Gasteiger partial charge < -0.3 is 14.4 Å². The fourth-order valence-electron chi connectivity index (χ4n) is 6.47. The van der Waals surface area contributed by atoms with Crippen molar-refractivity contribution in [1.82, 2.24) is 4.90 Å². The summed E-state index contributed by atoms with van der Waals surface area (Å²) in [7, 11) is 0. The van der Waals surface area contributed by atoms with Crippen LogP contribution in [0.25, 0.3) is 10.1 Å². The number of ether oxygens (including phenoxy) is 2. The van der Waals surface area contributed by atoms with Gasteiger partial charge in [-0.3, -0.25) is 9.69 Å². The highest BCUT2D eigenvalue weighted by molar-refractivity contribution is 7.17. The summed E-state index contributed by atoms with van der Waals surface area (Å²) < 4.78 is 13.0. The Hall–Kier alpha value is -3.10. The summed E-state index contributed by atoms with van der Waals surface area (Å²) in [4.78, 5) is 32.0. The number of imide groups is 1. The summed E-state index contributed by atoms with van der Waals surface area (Å²) in [6.45, 7) is 8.52. The fraction of sp³-hybridized carbons (Fsp3) is 0.568. The molecule has 0 atom stereocenters. The predicted octanol–water partition coefficient (Wildman–Crippen LogP) is 8.83. The lowest BCUT2D eigenvalue weighted by Gasteiger charge is -2.36. The Morgan fingerprint density at radius 1 is 0.800 bits per heavy atom. The Balaban J connectivity index is 0.995. The van der Waals surface area contributed by atoms with E-state index in [-0.39, 0.29) is 5.91 Å². The van der Waals surface area contributed by atoms with E-state index >= 15 is 0 Å². The molecule has 3 heterocycles. The van der Waals surface area contributed by atoms with Gasteiger partial charge in [0.15, 0.2) is 0 Å². The number of unbranched alkanes of at least 4 members (excludes halogenated alkanes) is 9. The fourth-order valence-corrected chi connectivity index (χ4v) is 7.28. The van der Waals surface area contributed by atoms with Crippen LogP contribution in [0.2, 0.25) is 0 Å². The molecule has 1 fully saturated rings. The molecule has 2 aromatic carbocycles. The molecule has 0 N–H and O–H groups in total. The quantitative estimate of drug-likeness (QED) is 0.138. The number of carbonyl (C=O) groups is 2. The van der Waals surface area contributed by atoms with Gasteiger partial charge in [0.05, 0.1) is 18.9 Å². The average molecular weight is 634 g/mol. The summed E-state index contributed by atoms with van der Waals surface area (Å²) in [5, 5.41) is 3.55. The van der Waals surface area contributed by atoms with Crippen molar-refractivity contribution in [2.75, 3.05) is 55.7 Å². The van der Waals surface area contributed by atoms with Crippen molar-refractivity contribution in [2.24, 2.45) is 0 Å². The summed E-state index contributed by atoms with van der Waals surface area (Å²) in [6.07, 6.45) is 13.2. The third-order valence-electron chi connectivity index (χ3n) is 9.13. The lowest BCUT2D eigenvalue weighted by molar-refractivity contribution is -0.118. The number of aryl methyl sites for hydroxylation is 1. The molecule has 1 saturated heterocycles. The molecule has 5 rings (SSSR count). The largest absolute Gasteiger partial charge is 0.494 e. The van der Waals surface area contributed by atoms with Crippen molar-refractivity contribution in [3.8, 4) is 5.75 Å². The Bertz CT molecular complexity index is 1370. The van der Waals surface area contributed by atoms with Crippen LogP contribution in [0.5, 0.6) is 5.75 Å². The van der Waals surface area contributed by atoms with Gasteiger partial charge in [-0.2, -0.15) is 0 Å². The zero-order valence-electron chi connectivity index (χ0n) is 27.1. The molecule has 0 saturated carbocycles. The number of amides is 2. The number of thiophene rings is 1. The molecule has 7 nitrogen and oxygen atoms in total. The second-order valence-corrected chi connectivity index (χ2v) is 13.4. The Labute approximate surface area is 273 Å². The SMILES string of the molecule is CCCCCCCCCCCOC(=O)N1C(=O)CCc2ccc(OCCCCN3CCN(c4cccc5sccc45)CC3)cc21. The van der Waals surface area contributed by atoms with Crippen LogP contribution < -0.4 is 14.5 Å².